The van der Waals surface area contributed by atoms with Crippen LogP contribution in [0.25, 0.3) is 11.1 Å². The van der Waals surface area contributed by atoms with E-state index in [1.165, 1.54) is 58.0 Å². The largest absolute Gasteiger partial charge is 4.00 e. The van der Waals surface area contributed by atoms with Gasteiger partial charge in [-0.05, 0) is 11.1 Å². The Kier molecular flexibility index (Phi) is 10.3. The Hall–Kier alpha value is -0.569. The molecule has 2 aliphatic carbocycles. The molecule has 2 aromatic carbocycles. The Balaban J connectivity index is 0.000000343. The van der Waals surface area contributed by atoms with Gasteiger partial charge in [0.05, 0.1) is 8.07 Å². The summed E-state index contributed by atoms with van der Waals surface area (Å²) in [5.74, 6) is 0. The summed E-state index contributed by atoms with van der Waals surface area (Å²) in [6.45, 7) is 13.3. The van der Waals surface area contributed by atoms with E-state index >= 15 is 0 Å². The molecule has 0 radical (unpaired) electrons. The molecule has 4 heteroatoms. The first-order valence-electron chi connectivity index (χ1n) is 11.2. The molecule has 0 aromatic heterocycles. The second-order valence-electron chi connectivity index (χ2n) is 9.71. The molecule has 32 heavy (non-hydrogen) atoms. The molecule has 3 aliphatic rings. The molecule has 0 spiro atoms. The maximum Gasteiger partial charge on any atom is 4.00 e. The minimum absolute atomic E-state index is 0. The Labute approximate surface area is 224 Å². The monoisotopic (exact) mass is 516 g/mol. The van der Waals surface area contributed by atoms with Crippen LogP contribution in [0.3, 0.4) is 0 Å². The molecular weight excluding hydrogens is 483 g/mol. The topological polar surface area (TPSA) is 0 Å². The number of halogens is 2. The van der Waals surface area contributed by atoms with Crippen LogP contribution >= 0.6 is 0 Å². The number of rotatable bonds is 2. The molecule has 1 aliphatic heterocycles. The van der Waals surface area contributed by atoms with Crippen LogP contribution in [0.1, 0.15) is 64.6 Å². The van der Waals surface area contributed by atoms with Crippen LogP contribution in [0.5, 0.6) is 0 Å². The summed E-state index contributed by atoms with van der Waals surface area (Å²) in [6, 6.07) is 23.7. The molecule has 1 saturated heterocycles. The molecule has 0 bridgehead atoms. The van der Waals surface area contributed by atoms with Crippen molar-refractivity contribution in [1.82, 2.24) is 0 Å². The van der Waals surface area contributed by atoms with Gasteiger partial charge in [-0.2, -0.15) is 35.4 Å². The summed E-state index contributed by atoms with van der Waals surface area (Å²) < 4.78 is 0. The van der Waals surface area contributed by atoms with Crippen LogP contribution in [0.2, 0.25) is 18.1 Å². The van der Waals surface area contributed by atoms with Gasteiger partial charge in [-0.1, -0.05) is 94.4 Å². The van der Waals surface area contributed by atoms with Gasteiger partial charge in [0.1, 0.15) is 0 Å². The van der Waals surface area contributed by atoms with Crippen LogP contribution in [0.15, 0.2) is 59.2 Å². The smallest absolute Gasteiger partial charge is 1.00 e. The predicted molar refractivity (Wildman–Crippen MR) is 128 cm³/mol. The molecule has 0 N–H and O–H groups in total. The molecule has 0 nitrogen and oxygen atoms in total. The molecule has 1 atom stereocenters. The molecule has 5 rings (SSSR count). The van der Waals surface area contributed by atoms with Crippen molar-refractivity contribution in [3.63, 3.8) is 0 Å². The van der Waals surface area contributed by atoms with E-state index in [0.29, 0.717) is 0 Å². The summed E-state index contributed by atoms with van der Waals surface area (Å²) >= 11 is 0. The predicted octanol–water partition coefficient (Wildman–Crippen LogP) is 2.13. The van der Waals surface area contributed by atoms with Gasteiger partial charge in [-0.25, -0.2) is 5.57 Å². The average Bonchev–Trinajstić information content (AvgIpc) is 3.10. The SMILES string of the molecule is CC1=[C-]C(C)(C)C(C)=C1C.CC[Si]1(C2c3[c-]cccc3-c3ccccc32)CCC1.[Cl-].[Cl-].[Ti+4]. The van der Waals surface area contributed by atoms with E-state index in [9.17, 15) is 0 Å². The first-order valence-corrected chi connectivity index (χ1v) is 13.9. The normalized spacial score (nSPS) is 20.7. The van der Waals surface area contributed by atoms with Crippen LogP contribution in [-0.2, 0) is 21.7 Å². The molecule has 0 saturated carbocycles. The van der Waals surface area contributed by atoms with E-state index in [2.05, 4.69) is 96.1 Å². The molecule has 1 unspecified atom stereocenters. The van der Waals surface area contributed by atoms with Crippen molar-refractivity contribution < 1.29 is 46.5 Å². The molecule has 1 fully saturated rings. The van der Waals surface area contributed by atoms with Gasteiger partial charge in [-0.15, -0.1) is 18.1 Å². The van der Waals surface area contributed by atoms with Crippen LogP contribution in [0.4, 0.5) is 0 Å². The van der Waals surface area contributed by atoms with Gasteiger partial charge in [0.2, 0.25) is 0 Å². The van der Waals surface area contributed by atoms with Gasteiger partial charge in [0.15, 0.2) is 0 Å². The molecule has 1 heterocycles. The van der Waals surface area contributed by atoms with Crippen molar-refractivity contribution in [2.24, 2.45) is 5.41 Å². The van der Waals surface area contributed by atoms with Crippen LogP contribution in [-0.4, -0.2) is 8.07 Å². The Bertz CT molecular complexity index is 951. The van der Waals surface area contributed by atoms with Crippen molar-refractivity contribution in [2.75, 3.05) is 0 Å². The fourth-order valence-corrected chi connectivity index (χ4v) is 10.3. The van der Waals surface area contributed by atoms with E-state index in [4.69, 9.17) is 0 Å². The van der Waals surface area contributed by atoms with E-state index < -0.39 is 8.07 Å². The number of hydrogen-bond acceptors (Lipinski definition) is 0. The third-order valence-electron chi connectivity index (χ3n) is 7.97. The Morgan fingerprint density at radius 2 is 1.59 bits per heavy atom. The van der Waals surface area contributed by atoms with E-state index in [0.717, 1.165) is 5.54 Å². The van der Waals surface area contributed by atoms with Crippen LogP contribution in [0, 0.1) is 17.6 Å². The third kappa shape index (κ3) is 4.94. The minimum Gasteiger partial charge on any atom is -1.00 e. The van der Waals surface area contributed by atoms with Gasteiger partial charge in [0.25, 0.3) is 0 Å². The van der Waals surface area contributed by atoms with Crippen molar-refractivity contribution in [3.8, 4) is 11.1 Å². The number of fused-ring (bicyclic) bond motifs is 3. The first-order chi connectivity index (χ1) is 13.8. The van der Waals surface area contributed by atoms with Crippen molar-refractivity contribution >= 4 is 8.07 Å². The number of allylic oxidation sites excluding steroid dienone is 4. The van der Waals surface area contributed by atoms with E-state index in [1.54, 1.807) is 5.56 Å². The van der Waals surface area contributed by atoms with Gasteiger partial charge >= 0.3 is 21.7 Å². The summed E-state index contributed by atoms with van der Waals surface area (Å²) in [6.07, 6.45) is 4.89. The fourth-order valence-electron chi connectivity index (χ4n) is 5.59. The Morgan fingerprint density at radius 3 is 2.06 bits per heavy atom. The van der Waals surface area contributed by atoms with E-state index in [-0.39, 0.29) is 51.9 Å². The van der Waals surface area contributed by atoms with Gasteiger partial charge < -0.3 is 24.8 Å². The van der Waals surface area contributed by atoms with Crippen molar-refractivity contribution in [1.29, 1.82) is 0 Å². The zero-order chi connectivity index (χ0) is 20.8. The standard InChI is InChI=1S/C18H19Si.C10H15.2ClH.Ti/c1-2-19(12-7-13-19)18-16-10-5-3-8-14(16)15-9-4-6-11-17(15)18;1-7-6-10(4,5)9(3)8(7)2;;;/h3-6,8-10,18H,2,7,12-13H2,1H3;1-5H3;2*1H;/q2*-1;;;+4/p-2. The second kappa shape index (κ2) is 11.2. The molecule has 2 aromatic rings. The number of benzene rings is 2. The molecule has 0 amide bonds. The fraction of sp³-hybridized carbons (Fsp3) is 0.429. The zero-order valence-corrected chi connectivity index (χ0v) is 24.3. The second-order valence-corrected chi connectivity index (χ2v) is 14.7. The first kappa shape index (κ1) is 29.5. The van der Waals surface area contributed by atoms with Crippen molar-refractivity contribution in [2.45, 2.75) is 71.6 Å². The summed E-state index contributed by atoms with van der Waals surface area (Å²) in [5.41, 5.74) is 11.2. The minimum atomic E-state index is -1.12. The summed E-state index contributed by atoms with van der Waals surface area (Å²) in [4.78, 5) is 0. The van der Waals surface area contributed by atoms with Gasteiger partial charge in [-0.3, -0.25) is 6.08 Å². The summed E-state index contributed by atoms with van der Waals surface area (Å²) in [5, 5.41) is 0. The average molecular weight is 517 g/mol. The zero-order valence-electron chi connectivity index (χ0n) is 20.2. The van der Waals surface area contributed by atoms with Crippen molar-refractivity contribution in [3.05, 3.63) is 82.5 Å². The molecular formula is C28H34Cl2SiTi. The maximum absolute atomic E-state index is 3.59. The van der Waals surface area contributed by atoms with Gasteiger partial charge in [0, 0.05) is 0 Å². The maximum atomic E-state index is 3.59. The Morgan fingerprint density at radius 1 is 0.969 bits per heavy atom. The quantitative estimate of drug-likeness (QED) is 0.423. The van der Waals surface area contributed by atoms with Crippen LogP contribution < -0.4 is 24.8 Å². The summed E-state index contributed by atoms with van der Waals surface area (Å²) in [7, 11) is -1.12. The number of hydrogen-bond donors (Lipinski definition) is 0. The third-order valence-corrected chi connectivity index (χ3v) is 13.9. The molecule has 168 valence electrons. The van der Waals surface area contributed by atoms with E-state index in [1.807, 2.05) is 0 Å².